The van der Waals surface area contributed by atoms with Crippen LogP contribution in [-0.2, 0) is 4.79 Å². The van der Waals surface area contributed by atoms with Gasteiger partial charge in [0.15, 0.2) is 0 Å². The van der Waals surface area contributed by atoms with Crippen molar-refractivity contribution in [3.63, 3.8) is 0 Å². The van der Waals surface area contributed by atoms with Gasteiger partial charge in [-0.05, 0) is 24.1 Å². The number of benzene rings is 1. The van der Waals surface area contributed by atoms with Crippen molar-refractivity contribution in [2.45, 2.75) is 25.8 Å². The van der Waals surface area contributed by atoms with Gasteiger partial charge < -0.3 is 10.8 Å². The topological polar surface area (TPSA) is 105 Å². The molecule has 0 spiro atoms. The summed E-state index contributed by atoms with van der Waals surface area (Å²) in [5.74, 6) is -1.28. The smallest absolute Gasteiger partial charge is 0.321 e. The quantitative estimate of drug-likeness (QED) is 0.777. The summed E-state index contributed by atoms with van der Waals surface area (Å²) in [5, 5.41) is 19.3. The van der Waals surface area contributed by atoms with Crippen LogP contribution >= 0.6 is 12.4 Å². The lowest BCUT2D eigenvalue weighted by atomic mass is 9.92. The second-order valence-corrected chi connectivity index (χ2v) is 4.20. The highest BCUT2D eigenvalue weighted by Crippen LogP contribution is 2.24. The zero-order valence-electron chi connectivity index (χ0n) is 10.0. The number of carbonyl (C=O) groups is 1. The minimum absolute atomic E-state index is 0. The fourth-order valence-corrected chi connectivity index (χ4v) is 1.83. The number of carboxylic acid groups (broad SMARTS) is 1. The second kappa shape index (κ2) is 5.32. The summed E-state index contributed by atoms with van der Waals surface area (Å²) in [6, 6.07) is 2.81. The molecule has 4 N–H and O–H groups in total. The molecule has 0 aliphatic rings. The van der Waals surface area contributed by atoms with Gasteiger partial charge in [-0.25, -0.2) is 0 Å². The third-order valence-electron chi connectivity index (χ3n) is 3.01. The molecular formula is C11H15ClN4O2. The van der Waals surface area contributed by atoms with Crippen molar-refractivity contribution >= 4 is 29.4 Å². The molecule has 2 rings (SSSR count). The maximum atomic E-state index is 10.9. The van der Waals surface area contributed by atoms with Crippen molar-refractivity contribution in [1.82, 2.24) is 15.4 Å². The molecule has 2 unspecified atom stereocenters. The monoisotopic (exact) mass is 270 g/mol. The van der Waals surface area contributed by atoms with Gasteiger partial charge in [0.2, 0.25) is 0 Å². The predicted octanol–water partition coefficient (Wildman–Crippen LogP) is 1.20. The van der Waals surface area contributed by atoms with E-state index < -0.39 is 12.0 Å². The van der Waals surface area contributed by atoms with Gasteiger partial charge in [0, 0.05) is 5.92 Å². The molecule has 0 saturated carbocycles. The first-order valence-electron chi connectivity index (χ1n) is 5.30. The highest BCUT2D eigenvalue weighted by Gasteiger charge is 2.22. The molecule has 0 amide bonds. The highest BCUT2D eigenvalue weighted by molar-refractivity contribution is 5.85. The molecule has 18 heavy (non-hydrogen) atoms. The summed E-state index contributed by atoms with van der Waals surface area (Å²) >= 11 is 0. The van der Waals surface area contributed by atoms with Gasteiger partial charge in [-0.3, -0.25) is 9.89 Å². The maximum absolute atomic E-state index is 10.9. The first kappa shape index (κ1) is 14.4. The van der Waals surface area contributed by atoms with Crippen molar-refractivity contribution in [2.75, 3.05) is 0 Å². The summed E-state index contributed by atoms with van der Waals surface area (Å²) in [6.45, 7) is 3.71. The van der Waals surface area contributed by atoms with Crippen molar-refractivity contribution in [2.24, 2.45) is 5.73 Å². The lowest BCUT2D eigenvalue weighted by molar-refractivity contribution is -0.139. The van der Waals surface area contributed by atoms with Gasteiger partial charge in [-0.2, -0.15) is 0 Å². The number of halogens is 1. The van der Waals surface area contributed by atoms with Gasteiger partial charge >= 0.3 is 5.97 Å². The lowest BCUT2D eigenvalue weighted by Gasteiger charge is -2.16. The molecule has 1 aromatic carbocycles. The fraction of sp³-hybridized carbons (Fsp3) is 0.364. The molecule has 2 aromatic rings. The third-order valence-corrected chi connectivity index (χ3v) is 3.01. The molecule has 6 nitrogen and oxygen atoms in total. The standard InChI is InChI=1S/C11H14N4O2.ClH/c1-5-3-7(6(2)9(12)11(16)17)4-8-10(5)14-15-13-8;/h3-4,6,9H,12H2,1-2H3,(H,16,17)(H,13,14,15);1H. The van der Waals surface area contributed by atoms with E-state index in [0.29, 0.717) is 0 Å². The van der Waals surface area contributed by atoms with Gasteiger partial charge in [0.05, 0.1) is 5.52 Å². The van der Waals surface area contributed by atoms with Crippen LogP contribution in [0.25, 0.3) is 11.0 Å². The average Bonchev–Trinajstić information content (AvgIpc) is 2.75. The Balaban J connectivity index is 0.00000162. The first-order chi connectivity index (χ1) is 8.00. The van der Waals surface area contributed by atoms with Crippen LogP contribution < -0.4 is 5.73 Å². The fourth-order valence-electron chi connectivity index (χ4n) is 1.83. The van der Waals surface area contributed by atoms with E-state index >= 15 is 0 Å². The Kier molecular flexibility index (Phi) is 4.26. The molecule has 0 aliphatic heterocycles. The molecule has 98 valence electrons. The molecule has 0 aliphatic carbocycles. The summed E-state index contributed by atoms with van der Waals surface area (Å²) in [4.78, 5) is 10.9. The van der Waals surface area contributed by atoms with Crippen LogP contribution in [0.2, 0.25) is 0 Å². The normalized spacial score (nSPS) is 13.9. The second-order valence-electron chi connectivity index (χ2n) is 4.20. The summed E-state index contributed by atoms with van der Waals surface area (Å²) in [6.07, 6.45) is 0. The van der Waals surface area contributed by atoms with Crippen molar-refractivity contribution in [3.8, 4) is 0 Å². The molecular weight excluding hydrogens is 256 g/mol. The van der Waals surface area contributed by atoms with Crippen molar-refractivity contribution in [3.05, 3.63) is 23.3 Å². The number of hydrogen-bond donors (Lipinski definition) is 3. The number of H-pyrrole nitrogens is 1. The van der Waals surface area contributed by atoms with E-state index in [2.05, 4.69) is 15.4 Å². The van der Waals surface area contributed by atoms with E-state index in [1.807, 2.05) is 19.1 Å². The summed E-state index contributed by atoms with van der Waals surface area (Å²) in [5.41, 5.74) is 9.05. The number of nitrogens with two attached hydrogens (primary N) is 1. The Hall–Kier alpha value is -1.66. The molecule has 0 fully saturated rings. The van der Waals surface area contributed by atoms with Crippen molar-refractivity contribution in [1.29, 1.82) is 0 Å². The van der Waals surface area contributed by atoms with Gasteiger partial charge in [-0.1, -0.05) is 18.2 Å². The van der Waals surface area contributed by atoms with E-state index in [1.54, 1.807) is 6.92 Å². The number of nitrogens with zero attached hydrogens (tertiary/aromatic N) is 2. The SMILES string of the molecule is Cc1cc(C(C)C(N)C(=O)O)cc2nn[nH]c12.Cl. The Labute approximate surface area is 110 Å². The highest BCUT2D eigenvalue weighted by atomic mass is 35.5. The predicted molar refractivity (Wildman–Crippen MR) is 69.9 cm³/mol. The van der Waals surface area contributed by atoms with Crippen LogP contribution in [0, 0.1) is 6.92 Å². The van der Waals surface area contributed by atoms with Crippen LogP contribution in [0.3, 0.4) is 0 Å². The van der Waals surface area contributed by atoms with E-state index in [4.69, 9.17) is 10.8 Å². The third kappa shape index (κ3) is 2.44. The maximum Gasteiger partial charge on any atom is 0.321 e. The van der Waals surface area contributed by atoms with Crippen LogP contribution in [-0.4, -0.2) is 32.5 Å². The van der Waals surface area contributed by atoms with E-state index in [0.717, 1.165) is 22.2 Å². The molecule has 7 heteroatoms. The number of aromatic amines is 1. The van der Waals surface area contributed by atoms with E-state index in [-0.39, 0.29) is 18.3 Å². The Morgan fingerprint density at radius 1 is 1.50 bits per heavy atom. The molecule has 1 heterocycles. The number of carboxylic acids is 1. The van der Waals surface area contributed by atoms with Gasteiger partial charge in [0.1, 0.15) is 11.6 Å². The molecule has 0 bridgehead atoms. The average molecular weight is 271 g/mol. The number of aliphatic carboxylic acids is 1. The number of fused-ring (bicyclic) bond motifs is 1. The molecule has 2 atom stereocenters. The minimum atomic E-state index is -1.00. The Bertz CT molecular complexity index is 569. The van der Waals surface area contributed by atoms with Crippen LogP contribution in [0.4, 0.5) is 0 Å². The minimum Gasteiger partial charge on any atom is -0.480 e. The largest absolute Gasteiger partial charge is 0.480 e. The number of rotatable bonds is 3. The first-order valence-corrected chi connectivity index (χ1v) is 5.30. The summed E-state index contributed by atoms with van der Waals surface area (Å²) < 4.78 is 0. The Morgan fingerprint density at radius 2 is 2.17 bits per heavy atom. The molecule has 0 radical (unpaired) electrons. The van der Waals surface area contributed by atoms with E-state index in [1.165, 1.54) is 0 Å². The number of aromatic nitrogens is 3. The molecule has 1 aromatic heterocycles. The van der Waals surface area contributed by atoms with Gasteiger partial charge in [0.25, 0.3) is 0 Å². The number of aryl methyl sites for hydroxylation is 1. The zero-order chi connectivity index (χ0) is 12.6. The van der Waals surface area contributed by atoms with E-state index in [9.17, 15) is 4.79 Å². The molecule has 0 saturated heterocycles. The van der Waals surface area contributed by atoms with Crippen LogP contribution in [0.5, 0.6) is 0 Å². The van der Waals surface area contributed by atoms with Crippen LogP contribution in [0.15, 0.2) is 12.1 Å². The zero-order valence-corrected chi connectivity index (χ0v) is 10.9. The van der Waals surface area contributed by atoms with Crippen LogP contribution in [0.1, 0.15) is 24.0 Å². The number of nitrogens with one attached hydrogen (secondary N) is 1. The van der Waals surface area contributed by atoms with Crippen molar-refractivity contribution < 1.29 is 9.90 Å². The lowest BCUT2D eigenvalue weighted by Crippen LogP contribution is -2.35. The summed E-state index contributed by atoms with van der Waals surface area (Å²) in [7, 11) is 0. The van der Waals surface area contributed by atoms with Gasteiger partial charge in [-0.15, -0.1) is 17.5 Å². The number of hydrogen-bond acceptors (Lipinski definition) is 4. The Morgan fingerprint density at radius 3 is 2.78 bits per heavy atom.